The fourth-order valence-corrected chi connectivity index (χ4v) is 4.13. The van der Waals surface area contributed by atoms with E-state index in [2.05, 4.69) is 49.7 Å². The molecule has 0 saturated carbocycles. The van der Waals surface area contributed by atoms with Crippen molar-refractivity contribution >= 4 is 40.0 Å². The molecule has 1 aromatic heterocycles. The van der Waals surface area contributed by atoms with Gasteiger partial charge in [-0.2, -0.15) is 0 Å². The Labute approximate surface area is 195 Å². The van der Waals surface area contributed by atoms with E-state index in [-0.39, 0.29) is 5.91 Å². The Morgan fingerprint density at radius 1 is 1.00 bits per heavy atom. The number of piperazine rings is 1. The fraction of sp³-hybridized carbons (Fsp3) is 0.208. The summed E-state index contributed by atoms with van der Waals surface area (Å²) in [5.74, 6) is 0.337. The van der Waals surface area contributed by atoms with E-state index < -0.39 is 0 Å². The lowest BCUT2D eigenvalue weighted by Gasteiger charge is -2.34. The number of likely N-dealkylation sites (N-methyl/N-ethyl adjacent to an activating group) is 1. The average molecular weight is 525 g/mol. The van der Waals surface area contributed by atoms with Crippen molar-refractivity contribution in [3.8, 4) is 11.3 Å². The first-order valence-electron chi connectivity index (χ1n) is 10.2. The molecule has 2 N–H and O–H groups in total. The summed E-state index contributed by atoms with van der Waals surface area (Å²) >= 11 is 2.28. The van der Waals surface area contributed by atoms with Crippen LogP contribution in [-0.4, -0.2) is 59.8 Å². The monoisotopic (exact) mass is 525 g/mol. The third-order valence-electron chi connectivity index (χ3n) is 5.41. The van der Waals surface area contributed by atoms with E-state index in [1.165, 1.54) is 0 Å². The van der Waals surface area contributed by atoms with Gasteiger partial charge < -0.3 is 15.1 Å². The number of hydrogen-bond donors (Lipinski definition) is 2. The molecule has 1 saturated heterocycles. The summed E-state index contributed by atoms with van der Waals surface area (Å²) in [7, 11) is 2.10. The summed E-state index contributed by atoms with van der Waals surface area (Å²) in [6.45, 7) is 3.62. The number of hydrogen-bond acceptors (Lipinski definition) is 4. The lowest BCUT2D eigenvalue weighted by molar-refractivity contribution is 0.102. The molecule has 1 aliphatic rings. The average Bonchev–Trinajstić information content (AvgIpc) is 2.81. The molecule has 2 heterocycles. The number of nitrogens with one attached hydrogen (secondary N) is 2. The Morgan fingerprint density at radius 2 is 1.71 bits per heavy atom. The molecule has 0 bridgehead atoms. The Hall–Kier alpha value is -2.78. The highest BCUT2D eigenvalue weighted by atomic mass is 127. The second-order valence-corrected chi connectivity index (χ2v) is 8.74. The van der Waals surface area contributed by atoms with Crippen LogP contribution in [0.1, 0.15) is 15.9 Å². The highest BCUT2D eigenvalue weighted by Gasteiger charge is 2.18. The summed E-state index contributed by atoms with van der Waals surface area (Å²) < 4.78 is 1.07. The number of pyridine rings is 1. The lowest BCUT2D eigenvalue weighted by Crippen LogP contribution is -2.47. The maximum absolute atomic E-state index is 12.8. The van der Waals surface area contributed by atoms with Crippen LogP contribution in [0.2, 0.25) is 0 Å². The lowest BCUT2D eigenvalue weighted by atomic mass is 10.1. The second kappa shape index (κ2) is 9.57. The Balaban J connectivity index is 1.45. The minimum atomic E-state index is -0.175. The number of benzene rings is 2. The molecule has 1 fully saturated rings. The van der Waals surface area contributed by atoms with Crippen LogP contribution in [0.5, 0.6) is 0 Å². The van der Waals surface area contributed by atoms with Gasteiger partial charge in [0.2, 0.25) is 0 Å². The standard InChI is InChI=1S/C24H24IN5O/c1-29-12-14-30(15-13-29)23(26)17-5-7-18(8-6-17)24(31)28-19-9-10-21(25)20(16-19)22-4-2-3-11-27-22/h2-11,16,26H,12-15H2,1H3,(H,28,31). The van der Waals surface area contributed by atoms with E-state index in [9.17, 15) is 4.79 Å². The van der Waals surface area contributed by atoms with Gasteiger partial charge in [0.1, 0.15) is 5.84 Å². The van der Waals surface area contributed by atoms with Crippen molar-refractivity contribution in [1.29, 1.82) is 5.41 Å². The molecule has 0 aliphatic carbocycles. The molecule has 7 heteroatoms. The molecule has 0 spiro atoms. The molecule has 158 valence electrons. The predicted octanol–water partition coefficient (Wildman–Crippen LogP) is 4.18. The van der Waals surface area contributed by atoms with E-state index in [4.69, 9.17) is 5.41 Å². The Morgan fingerprint density at radius 3 is 2.39 bits per heavy atom. The topological polar surface area (TPSA) is 72.3 Å². The number of carbonyl (C=O) groups excluding carboxylic acids is 1. The number of nitrogens with zero attached hydrogens (tertiary/aromatic N) is 3. The van der Waals surface area contributed by atoms with Gasteiger partial charge in [-0.25, -0.2) is 0 Å². The Kier molecular flexibility index (Phi) is 6.62. The van der Waals surface area contributed by atoms with Crippen LogP contribution in [0.25, 0.3) is 11.3 Å². The zero-order valence-corrected chi connectivity index (χ0v) is 19.5. The SMILES string of the molecule is CN1CCN(C(=N)c2ccc(C(=O)Nc3ccc(I)c(-c4ccccn4)c3)cc2)CC1. The van der Waals surface area contributed by atoms with Gasteiger partial charge in [0.15, 0.2) is 0 Å². The number of amides is 1. The van der Waals surface area contributed by atoms with Crippen molar-refractivity contribution in [2.75, 3.05) is 38.5 Å². The number of amidine groups is 1. The molecular weight excluding hydrogens is 501 g/mol. The Bertz CT molecular complexity index is 1080. The van der Waals surface area contributed by atoms with Crippen molar-refractivity contribution in [1.82, 2.24) is 14.8 Å². The predicted molar refractivity (Wildman–Crippen MR) is 133 cm³/mol. The maximum Gasteiger partial charge on any atom is 0.255 e. The normalized spacial score (nSPS) is 14.3. The highest BCUT2D eigenvalue weighted by molar-refractivity contribution is 14.1. The molecule has 6 nitrogen and oxygen atoms in total. The van der Waals surface area contributed by atoms with Crippen LogP contribution in [-0.2, 0) is 0 Å². The van der Waals surface area contributed by atoms with E-state index in [1.54, 1.807) is 18.3 Å². The molecular formula is C24H24IN5O. The molecule has 31 heavy (non-hydrogen) atoms. The third-order valence-corrected chi connectivity index (χ3v) is 6.35. The number of halogens is 1. The van der Waals surface area contributed by atoms with Gasteiger partial charge in [0, 0.05) is 58.3 Å². The van der Waals surface area contributed by atoms with Gasteiger partial charge in [-0.3, -0.25) is 15.2 Å². The second-order valence-electron chi connectivity index (χ2n) is 7.58. The van der Waals surface area contributed by atoms with Crippen LogP contribution < -0.4 is 5.32 Å². The molecule has 3 aromatic rings. The van der Waals surface area contributed by atoms with Crippen molar-refractivity contribution in [2.24, 2.45) is 0 Å². The van der Waals surface area contributed by atoms with Gasteiger partial charge in [-0.15, -0.1) is 0 Å². The minimum Gasteiger partial charge on any atom is -0.354 e. The van der Waals surface area contributed by atoms with E-state index >= 15 is 0 Å². The highest BCUT2D eigenvalue weighted by Crippen LogP contribution is 2.27. The van der Waals surface area contributed by atoms with E-state index in [0.717, 1.165) is 52.3 Å². The molecule has 0 unspecified atom stereocenters. The van der Waals surface area contributed by atoms with E-state index in [0.29, 0.717) is 11.4 Å². The molecule has 2 aromatic carbocycles. The van der Waals surface area contributed by atoms with Crippen LogP contribution in [0.15, 0.2) is 66.9 Å². The van der Waals surface area contributed by atoms with Crippen LogP contribution in [0, 0.1) is 8.98 Å². The van der Waals surface area contributed by atoms with Crippen LogP contribution in [0.3, 0.4) is 0 Å². The minimum absolute atomic E-state index is 0.175. The van der Waals surface area contributed by atoms with Gasteiger partial charge in [0.25, 0.3) is 5.91 Å². The quantitative estimate of drug-likeness (QED) is 0.305. The number of rotatable bonds is 4. The third kappa shape index (κ3) is 5.11. The smallest absolute Gasteiger partial charge is 0.255 e. The summed E-state index contributed by atoms with van der Waals surface area (Å²) in [6, 6.07) is 18.9. The van der Waals surface area contributed by atoms with Crippen LogP contribution >= 0.6 is 22.6 Å². The van der Waals surface area contributed by atoms with Crippen LogP contribution in [0.4, 0.5) is 5.69 Å². The summed E-state index contributed by atoms with van der Waals surface area (Å²) in [5.41, 5.74) is 3.96. The van der Waals surface area contributed by atoms with Gasteiger partial charge in [-0.05, 0) is 72.1 Å². The first kappa shape index (κ1) is 21.5. The van der Waals surface area contributed by atoms with Crippen molar-refractivity contribution < 1.29 is 4.79 Å². The van der Waals surface area contributed by atoms with Crippen molar-refractivity contribution in [3.05, 3.63) is 81.6 Å². The molecule has 0 atom stereocenters. The molecule has 1 aliphatic heterocycles. The van der Waals surface area contributed by atoms with Crippen molar-refractivity contribution in [2.45, 2.75) is 0 Å². The van der Waals surface area contributed by atoms with Gasteiger partial charge >= 0.3 is 0 Å². The first-order valence-corrected chi connectivity index (χ1v) is 11.2. The van der Waals surface area contributed by atoms with Gasteiger partial charge in [-0.1, -0.05) is 18.2 Å². The molecule has 4 rings (SSSR count). The molecule has 1 amide bonds. The summed E-state index contributed by atoms with van der Waals surface area (Å²) in [4.78, 5) is 21.5. The molecule has 0 radical (unpaired) electrons. The summed E-state index contributed by atoms with van der Waals surface area (Å²) in [6.07, 6.45) is 1.76. The fourth-order valence-electron chi connectivity index (χ4n) is 3.52. The largest absolute Gasteiger partial charge is 0.354 e. The maximum atomic E-state index is 12.8. The number of anilines is 1. The number of carbonyl (C=O) groups is 1. The summed E-state index contributed by atoms with van der Waals surface area (Å²) in [5, 5.41) is 11.4. The van der Waals surface area contributed by atoms with Crippen molar-refractivity contribution in [3.63, 3.8) is 0 Å². The zero-order chi connectivity index (χ0) is 21.8. The number of aromatic nitrogens is 1. The van der Waals surface area contributed by atoms with Gasteiger partial charge in [0.05, 0.1) is 5.69 Å². The first-order chi connectivity index (χ1) is 15.0. The van der Waals surface area contributed by atoms with E-state index in [1.807, 2.05) is 48.5 Å². The zero-order valence-electron chi connectivity index (χ0n) is 17.3.